The molecule has 1 aliphatic heterocycles. The molecule has 0 spiro atoms. The average Bonchev–Trinajstić information content (AvgIpc) is 2.90. The van der Waals surface area contributed by atoms with Crippen molar-refractivity contribution in [2.24, 2.45) is 0 Å². The first-order chi connectivity index (χ1) is 9.58. The van der Waals surface area contributed by atoms with Crippen molar-refractivity contribution < 1.29 is 4.79 Å². The maximum atomic E-state index is 12.2. The molecule has 1 saturated heterocycles. The van der Waals surface area contributed by atoms with Gasteiger partial charge in [-0.1, -0.05) is 6.92 Å². The minimum absolute atomic E-state index is 0.0690. The number of hydrogen-bond donors (Lipinski definition) is 2. The summed E-state index contributed by atoms with van der Waals surface area (Å²) in [6.45, 7) is 7.23. The highest BCUT2D eigenvalue weighted by Gasteiger charge is 2.17. The first-order valence-electron chi connectivity index (χ1n) is 7.38. The lowest BCUT2D eigenvalue weighted by atomic mass is 10.1. The van der Waals surface area contributed by atoms with E-state index in [0.717, 1.165) is 31.7 Å². The normalized spacial score (nSPS) is 17.1. The quantitative estimate of drug-likeness (QED) is 0.853. The van der Waals surface area contributed by atoms with Crippen molar-refractivity contribution in [2.75, 3.05) is 25.4 Å². The molecule has 0 aromatic carbocycles. The van der Waals surface area contributed by atoms with E-state index < -0.39 is 0 Å². The Kier molecular flexibility index (Phi) is 4.95. The van der Waals surface area contributed by atoms with E-state index in [2.05, 4.69) is 15.2 Å². The number of carbonyl (C=O) groups is 1. The van der Waals surface area contributed by atoms with Crippen molar-refractivity contribution in [3.8, 4) is 0 Å². The Bertz CT molecular complexity index is 469. The number of carbonyl (C=O) groups excluding carboxylic acids is 1. The van der Waals surface area contributed by atoms with Crippen molar-refractivity contribution in [3.63, 3.8) is 0 Å². The lowest BCUT2D eigenvalue weighted by Crippen LogP contribution is -2.41. The standard InChI is InChI=1S/C15H24N4O/c1-3-13-8-12(9-14(16)18-13)15(20)17-11(2)10-19-6-4-5-7-19/h8-9,11H,3-7,10H2,1-2H3,(H2,16,18)(H,17,20). The van der Waals surface area contributed by atoms with Crippen LogP contribution in [0, 0.1) is 0 Å². The van der Waals surface area contributed by atoms with Crippen LogP contribution in [0.3, 0.4) is 0 Å². The van der Waals surface area contributed by atoms with Crippen molar-refractivity contribution in [1.82, 2.24) is 15.2 Å². The Balaban J connectivity index is 1.94. The lowest BCUT2D eigenvalue weighted by molar-refractivity contribution is 0.0931. The molecule has 1 atom stereocenters. The number of pyridine rings is 1. The Morgan fingerprint density at radius 3 is 2.80 bits per heavy atom. The van der Waals surface area contributed by atoms with Gasteiger partial charge >= 0.3 is 0 Å². The predicted molar refractivity (Wildman–Crippen MR) is 80.6 cm³/mol. The summed E-state index contributed by atoms with van der Waals surface area (Å²) in [5, 5.41) is 3.04. The largest absolute Gasteiger partial charge is 0.384 e. The topological polar surface area (TPSA) is 71.2 Å². The van der Waals surface area contributed by atoms with Gasteiger partial charge in [-0.2, -0.15) is 0 Å². The maximum absolute atomic E-state index is 12.2. The van der Waals surface area contributed by atoms with Gasteiger partial charge in [0.25, 0.3) is 5.91 Å². The third-order valence-electron chi connectivity index (χ3n) is 3.63. The van der Waals surface area contributed by atoms with E-state index in [4.69, 9.17) is 5.73 Å². The fourth-order valence-corrected chi connectivity index (χ4v) is 2.63. The number of nitrogens with one attached hydrogen (secondary N) is 1. The summed E-state index contributed by atoms with van der Waals surface area (Å²) in [6.07, 6.45) is 3.30. The fraction of sp³-hybridized carbons (Fsp3) is 0.600. The molecule has 1 fully saturated rings. The van der Waals surface area contributed by atoms with E-state index in [9.17, 15) is 4.79 Å². The van der Waals surface area contributed by atoms with Crippen LogP contribution in [0.4, 0.5) is 5.82 Å². The van der Waals surface area contributed by atoms with Crippen LogP contribution >= 0.6 is 0 Å². The molecule has 2 heterocycles. The Hall–Kier alpha value is -1.62. The Morgan fingerprint density at radius 1 is 1.45 bits per heavy atom. The second kappa shape index (κ2) is 6.70. The zero-order valence-corrected chi connectivity index (χ0v) is 12.4. The molecule has 1 unspecified atom stereocenters. The highest BCUT2D eigenvalue weighted by atomic mass is 16.1. The molecule has 5 heteroatoms. The summed E-state index contributed by atoms with van der Waals surface area (Å²) in [5.41, 5.74) is 7.19. The molecule has 3 N–H and O–H groups in total. The highest BCUT2D eigenvalue weighted by molar-refractivity contribution is 5.95. The van der Waals surface area contributed by atoms with Crippen LogP contribution in [-0.4, -0.2) is 41.5 Å². The van der Waals surface area contributed by atoms with Gasteiger partial charge in [0.1, 0.15) is 5.82 Å². The first-order valence-corrected chi connectivity index (χ1v) is 7.38. The van der Waals surface area contributed by atoms with Crippen LogP contribution in [0.25, 0.3) is 0 Å². The Labute approximate surface area is 120 Å². The van der Waals surface area contributed by atoms with Gasteiger partial charge in [-0.25, -0.2) is 4.98 Å². The van der Waals surface area contributed by atoms with Crippen LogP contribution < -0.4 is 11.1 Å². The van der Waals surface area contributed by atoms with Gasteiger partial charge in [0, 0.05) is 23.8 Å². The summed E-state index contributed by atoms with van der Waals surface area (Å²) in [6, 6.07) is 3.59. The number of hydrogen-bond acceptors (Lipinski definition) is 4. The molecular formula is C15H24N4O. The van der Waals surface area contributed by atoms with Crippen molar-refractivity contribution >= 4 is 11.7 Å². The number of aromatic nitrogens is 1. The minimum Gasteiger partial charge on any atom is -0.384 e. The molecule has 1 amide bonds. The van der Waals surface area contributed by atoms with E-state index in [0.29, 0.717) is 11.4 Å². The summed E-state index contributed by atoms with van der Waals surface area (Å²) < 4.78 is 0. The van der Waals surface area contributed by atoms with E-state index in [-0.39, 0.29) is 11.9 Å². The first kappa shape index (κ1) is 14.8. The maximum Gasteiger partial charge on any atom is 0.251 e. The van der Waals surface area contributed by atoms with E-state index in [1.54, 1.807) is 6.07 Å². The lowest BCUT2D eigenvalue weighted by Gasteiger charge is -2.21. The van der Waals surface area contributed by atoms with Crippen LogP contribution in [0.1, 0.15) is 42.7 Å². The van der Waals surface area contributed by atoms with Crippen LogP contribution in [0.2, 0.25) is 0 Å². The predicted octanol–water partition coefficient (Wildman–Crippen LogP) is 1.44. The number of anilines is 1. The van der Waals surface area contributed by atoms with E-state index >= 15 is 0 Å². The van der Waals surface area contributed by atoms with Gasteiger partial charge in [-0.05, 0) is 51.4 Å². The smallest absolute Gasteiger partial charge is 0.251 e. The van der Waals surface area contributed by atoms with Crippen LogP contribution in [0.5, 0.6) is 0 Å². The summed E-state index contributed by atoms with van der Waals surface area (Å²) in [5.74, 6) is 0.335. The number of nitrogens with two attached hydrogens (primary N) is 1. The average molecular weight is 276 g/mol. The number of nitrogen functional groups attached to an aromatic ring is 1. The van der Waals surface area contributed by atoms with Gasteiger partial charge in [-0.3, -0.25) is 4.79 Å². The second-order valence-electron chi connectivity index (χ2n) is 5.51. The second-order valence-corrected chi connectivity index (χ2v) is 5.51. The molecule has 1 aromatic rings. The molecule has 0 bridgehead atoms. The molecule has 0 saturated carbocycles. The van der Waals surface area contributed by atoms with Crippen LogP contribution in [0.15, 0.2) is 12.1 Å². The summed E-state index contributed by atoms with van der Waals surface area (Å²) >= 11 is 0. The van der Waals surface area contributed by atoms with E-state index in [1.165, 1.54) is 12.8 Å². The van der Waals surface area contributed by atoms with Gasteiger partial charge < -0.3 is 16.0 Å². The molecule has 5 nitrogen and oxygen atoms in total. The monoisotopic (exact) mass is 276 g/mol. The number of aryl methyl sites for hydroxylation is 1. The third-order valence-corrected chi connectivity index (χ3v) is 3.63. The molecule has 1 aliphatic rings. The molecule has 20 heavy (non-hydrogen) atoms. The highest BCUT2D eigenvalue weighted by Crippen LogP contribution is 2.10. The SMILES string of the molecule is CCc1cc(C(=O)NC(C)CN2CCCC2)cc(N)n1. The summed E-state index contributed by atoms with van der Waals surface area (Å²) in [7, 11) is 0. The van der Waals surface area contributed by atoms with Gasteiger partial charge in [0.15, 0.2) is 0 Å². The summed E-state index contributed by atoms with van der Waals surface area (Å²) in [4.78, 5) is 18.8. The molecular weight excluding hydrogens is 252 g/mol. The van der Waals surface area contributed by atoms with Gasteiger partial charge in [-0.15, -0.1) is 0 Å². The Morgan fingerprint density at radius 2 is 2.15 bits per heavy atom. The molecule has 0 aliphatic carbocycles. The van der Waals surface area contributed by atoms with E-state index in [1.807, 2.05) is 19.9 Å². The number of likely N-dealkylation sites (tertiary alicyclic amines) is 1. The molecule has 1 aromatic heterocycles. The zero-order valence-electron chi connectivity index (χ0n) is 12.4. The number of nitrogens with zero attached hydrogens (tertiary/aromatic N) is 2. The molecule has 0 radical (unpaired) electrons. The molecule has 2 rings (SSSR count). The van der Waals surface area contributed by atoms with Crippen molar-refractivity contribution in [2.45, 2.75) is 39.2 Å². The minimum atomic E-state index is -0.0690. The van der Waals surface area contributed by atoms with Gasteiger partial charge in [0.2, 0.25) is 0 Å². The number of rotatable bonds is 5. The number of amides is 1. The fourth-order valence-electron chi connectivity index (χ4n) is 2.63. The van der Waals surface area contributed by atoms with Crippen molar-refractivity contribution in [1.29, 1.82) is 0 Å². The molecule has 110 valence electrons. The van der Waals surface area contributed by atoms with Crippen molar-refractivity contribution in [3.05, 3.63) is 23.4 Å². The van der Waals surface area contributed by atoms with Crippen LogP contribution in [-0.2, 0) is 6.42 Å². The zero-order chi connectivity index (χ0) is 14.5. The van der Waals surface area contributed by atoms with Gasteiger partial charge in [0.05, 0.1) is 0 Å². The third kappa shape index (κ3) is 3.93.